The summed E-state index contributed by atoms with van der Waals surface area (Å²) in [5.74, 6) is -0.568. The molecule has 0 aliphatic carbocycles. The Kier molecular flexibility index (Phi) is 5.93. The van der Waals surface area contributed by atoms with Crippen LogP contribution < -0.4 is 4.72 Å². The molecule has 0 atom stereocenters. The number of hydrogen-bond donors (Lipinski definition) is 2. The molecule has 0 saturated heterocycles. The molecule has 2 N–H and O–H groups in total. The fourth-order valence-electron chi connectivity index (χ4n) is 3.36. The van der Waals surface area contributed by atoms with Crippen LogP contribution in [0.2, 0.25) is 0 Å². The van der Waals surface area contributed by atoms with E-state index < -0.39 is 22.6 Å². The number of esters is 1. The fourth-order valence-corrected chi connectivity index (χ4v) is 4.35. The Morgan fingerprint density at radius 3 is 2.50 bits per heavy atom. The van der Waals surface area contributed by atoms with Crippen molar-refractivity contribution in [2.75, 3.05) is 6.61 Å². The second-order valence-corrected chi connectivity index (χ2v) is 8.87. The highest BCUT2D eigenvalue weighted by atomic mass is 32.2. The molecular weight excluding hydrogens is 432 g/mol. The zero-order valence-electron chi connectivity index (χ0n) is 17.1. The summed E-state index contributed by atoms with van der Waals surface area (Å²) in [6.45, 7) is 1.37. The number of aryl methyl sites for hydroxylation is 1. The molecule has 2 heterocycles. The lowest BCUT2D eigenvalue weighted by Crippen LogP contribution is -2.23. The zero-order valence-corrected chi connectivity index (χ0v) is 17.9. The standard InChI is InChI=1S/C23H20N2O6S/c1-15-22(19-6-2-3-7-20(19)25-15)21(26)14-31-23(27)16-8-10-18(11-9-16)32(28,29)24-13-17-5-4-12-30-17/h2-12,24-25H,13-14H2,1H3. The van der Waals surface area contributed by atoms with Crippen molar-refractivity contribution in [3.8, 4) is 0 Å². The Hall–Kier alpha value is -3.69. The van der Waals surface area contributed by atoms with Crippen molar-refractivity contribution in [3.63, 3.8) is 0 Å². The number of nitrogens with one attached hydrogen (secondary N) is 2. The molecule has 0 fully saturated rings. The number of hydrogen-bond acceptors (Lipinski definition) is 6. The van der Waals surface area contributed by atoms with E-state index in [4.69, 9.17) is 9.15 Å². The van der Waals surface area contributed by atoms with Crippen molar-refractivity contribution in [2.24, 2.45) is 0 Å². The molecule has 0 amide bonds. The second-order valence-electron chi connectivity index (χ2n) is 7.10. The quantitative estimate of drug-likeness (QED) is 0.312. The van der Waals surface area contributed by atoms with E-state index in [0.29, 0.717) is 17.0 Å². The topological polar surface area (TPSA) is 118 Å². The van der Waals surface area contributed by atoms with Crippen LogP contribution in [-0.2, 0) is 21.3 Å². The van der Waals surface area contributed by atoms with Crippen LogP contribution in [0.1, 0.15) is 32.2 Å². The van der Waals surface area contributed by atoms with E-state index in [9.17, 15) is 18.0 Å². The highest BCUT2D eigenvalue weighted by molar-refractivity contribution is 7.89. The Bertz CT molecular complexity index is 1370. The van der Waals surface area contributed by atoms with Gasteiger partial charge in [-0.05, 0) is 49.4 Å². The van der Waals surface area contributed by atoms with Crippen LogP contribution in [0.3, 0.4) is 0 Å². The molecule has 2 aromatic carbocycles. The SMILES string of the molecule is Cc1[nH]c2ccccc2c1C(=O)COC(=O)c1ccc(S(=O)(=O)NCc2ccco2)cc1. The lowest BCUT2D eigenvalue weighted by Gasteiger charge is -2.07. The predicted octanol–water partition coefficient (Wildman–Crippen LogP) is 3.59. The van der Waals surface area contributed by atoms with E-state index in [1.165, 1.54) is 30.5 Å². The Morgan fingerprint density at radius 1 is 1.03 bits per heavy atom. The first-order valence-electron chi connectivity index (χ1n) is 9.75. The van der Waals surface area contributed by atoms with Gasteiger partial charge in [-0.15, -0.1) is 0 Å². The summed E-state index contributed by atoms with van der Waals surface area (Å²) < 4.78 is 37.4. The van der Waals surface area contributed by atoms with Gasteiger partial charge in [0.2, 0.25) is 15.8 Å². The monoisotopic (exact) mass is 452 g/mol. The summed E-state index contributed by atoms with van der Waals surface area (Å²) >= 11 is 0. The van der Waals surface area contributed by atoms with E-state index in [0.717, 1.165) is 10.9 Å². The first-order chi connectivity index (χ1) is 15.3. The van der Waals surface area contributed by atoms with E-state index in [1.807, 2.05) is 24.3 Å². The van der Waals surface area contributed by atoms with Gasteiger partial charge in [0.1, 0.15) is 5.76 Å². The van der Waals surface area contributed by atoms with Gasteiger partial charge >= 0.3 is 5.97 Å². The minimum atomic E-state index is -3.78. The summed E-state index contributed by atoms with van der Waals surface area (Å²) in [5, 5.41) is 0.766. The molecule has 8 nitrogen and oxygen atoms in total. The minimum absolute atomic E-state index is 0.00824. The molecule has 0 aliphatic heterocycles. The van der Waals surface area contributed by atoms with E-state index in [1.54, 1.807) is 19.1 Å². The normalized spacial score (nSPS) is 11.5. The van der Waals surface area contributed by atoms with Crippen LogP contribution in [-0.4, -0.2) is 31.8 Å². The molecule has 0 aliphatic rings. The van der Waals surface area contributed by atoms with Gasteiger partial charge < -0.3 is 14.1 Å². The lowest BCUT2D eigenvalue weighted by molar-refractivity contribution is 0.0475. The fraction of sp³-hybridized carbons (Fsp3) is 0.130. The van der Waals surface area contributed by atoms with Crippen LogP contribution in [0.4, 0.5) is 0 Å². The maximum Gasteiger partial charge on any atom is 0.338 e. The number of carbonyl (C=O) groups is 2. The number of benzene rings is 2. The van der Waals surface area contributed by atoms with Gasteiger partial charge in [0.05, 0.1) is 23.3 Å². The minimum Gasteiger partial charge on any atom is -0.468 e. The molecule has 0 bridgehead atoms. The molecule has 4 aromatic rings. The van der Waals surface area contributed by atoms with Gasteiger partial charge in [0, 0.05) is 22.2 Å². The van der Waals surface area contributed by atoms with Gasteiger partial charge in [-0.25, -0.2) is 17.9 Å². The Morgan fingerprint density at radius 2 is 1.78 bits per heavy atom. The number of aromatic amines is 1. The number of carbonyl (C=O) groups excluding carboxylic acids is 2. The second kappa shape index (κ2) is 8.81. The number of para-hydroxylation sites is 1. The van der Waals surface area contributed by atoms with Crippen LogP contribution in [0, 0.1) is 6.92 Å². The molecule has 0 unspecified atom stereocenters. The van der Waals surface area contributed by atoms with Crippen molar-refractivity contribution >= 4 is 32.7 Å². The number of rotatable bonds is 8. The summed E-state index contributed by atoms with van der Waals surface area (Å²) in [4.78, 5) is 28.1. The third kappa shape index (κ3) is 4.48. The Labute approximate surface area is 184 Å². The molecule has 164 valence electrons. The van der Waals surface area contributed by atoms with E-state index in [-0.39, 0.29) is 22.8 Å². The number of Topliss-reactive ketones (excluding diaryl/α,β-unsaturated/α-hetero) is 1. The molecule has 0 spiro atoms. The summed E-state index contributed by atoms with van der Waals surface area (Å²) in [5.41, 5.74) is 2.15. The number of sulfonamides is 1. The highest BCUT2D eigenvalue weighted by Gasteiger charge is 2.19. The number of ether oxygens (including phenoxy) is 1. The molecular formula is C23H20N2O6S. The van der Waals surface area contributed by atoms with Crippen LogP contribution in [0.5, 0.6) is 0 Å². The van der Waals surface area contributed by atoms with Crippen LogP contribution in [0.25, 0.3) is 10.9 Å². The number of H-pyrrole nitrogens is 1. The molecule has 0 saturated carbocycles. The van der Waals surface area contributed by atoms with Crippen LogP contribution >= 0.6 is 0 Å². The highest BCUT2D eigenvalue weighted by Crippen LogP contribution is 2.22. The van der Waals surface area contributed by atoms with Crippen molar-refractivity contribution in [1.82, 2.24) is 9.71 Å². The summed E-state index contributed by atoms with van der Waals surface area (Å²) in [6, 6.07) is 16.0. The van der Waals surface area contributed by atoms with Gasteiger partial charge in [-0.3, -0.25) is 4.79 Å². The smallest absolute Gasteiger partial charge is 0.338 e. The van der Waals surface area contributed by atoms with Gasteiger partial charge in [-0.1, -0.05) is 18.2 Å². The largest absolute Gasteiger partial charge is 0.468 e. The average molecular weight is 452 g/mol. The number of fused-ring (bicyclic) bond motifs is 1. The van der Waals surface area contributed by atoms with E-state index in [2.05, 4.69) is 9.71 Å². The van der Waals surface area contributed by atoms with Gasteiger partial charge in [0.25, 0.3) is 0 Å². The first-order valence-corrected chi connectivity index (χ1v) is 11.2. The lowest BCUT2D eigenvalue weighted by atomic mass is 10.1. The van der Waals surface area contributed by atoms with Crippen molar-refractivity contribution < 1.29 is 27.2 Å². The number of aromatic nitrogens is 1. The third-order valence-electron chi connectivity index (χ3n) is 4.92. The Balaban J connectivity index is 1.39. The van der Waals surface area contributed by atoms with Crippen molar-refractivity contribution in [1.29, 1.82) is 0 Å². The predicted molar refractivity (Wildman–Crippen MR) is 117 cm³/mol. The maximum atomic E-state index is 12.6. The molecule has 32 heavy (non-hydrogen) atoms. The molecule has 0 radical (unpaired) electrons. The summed E-state index contributed by atoms with van der Waals surface area (Å²) in [6.07, 6.45) is 1.45. The number of ketones is 1. The van der Waals surface area contributed by atoms with Gasteiger partial charge in [0.15, 0.2) is 6.61 Å². The molecule has 9 heteroatoms. The van der Waals surface area contributed by atoms with Gasteiger partial charge in [-0.2, -0.15) is 0 Å². The molecule has 2 aromatic heterocycles. The van der Waals surface area contributed by atoms with E-state index >= 15 is 0 Å². The average Bonchev–Trinajstić information content (AvgIpc) is 3.43. The number of furan rings is 1. The maximum absolute atomic E-state index is 12.6. The first kappa shape index (κ1) is 21.5. The molecule has 4 rings (SSSR count). The van der Waals surface area contributed by atoms with Crippen molar-refractivity contribution in [3.05, 3.63) is 89.5 Å². The zero-order chi connectivity index (χ0) is 22.7. The van der Waals surface area contributed by atoms with Crippen LogP contribution in [0.15, 0.2) is 76.2 Å². The summed E-state index contributed by atoms with van der Waals surface area (Å²) in [7, 11) is -3.78. The van der Waals surface area contributed by atoms with Crippen molar-refractivity contribution in [2.45, 2.75) is 18.4 Å². The third-order valence-corrected chi connectivity index (χ3v) is 6.34.